The fraction of sp³-hybridized carbons (Fsp3) is 0.773. The van der Waals surface area contributed by atoms with Crippen molar-refractivity contribution in [3.05, 3.63) is 23.3 Å². The van der Waals surface area contributed by atoms with Gasteiger partial charge in [0.2, 0.25) is 0 Å². The van der Waals surface area contributed by atoms with Crippen LogP contribution in [-0.4, -0.2) is 18.0 Å². The van der Waals surface area contributed by atoms with Gasteiger partial charge in [0.05, 0.1) is 12.2 Å². The van der Waals surface area contributed by atoms with Crippen LogP contribution in [0.3, 0.4) is 0 Å². The van der Waals surface area contributed by atoms with Crippen molar-refractivity contribution in [3.63, 3.8) is 0 Å². The largest absolute Gasteiger partial charge is 0.366 e. The Morgan fingerprint density at radius 1 is 1.17 bits per heavy atom. The lowest BCUT2D eigenvalue weighted by atomic mass is 9.51. The van der Waals surface area contributed by atoms with Gasteiger partial charge in [-0.05, 0) is 69.1 Å². The van der Waals surface area contributed by atoms with E-state index >= 15 is 0 Å². The Morgan fingerprint density at radius 3 is 2.88 bits per heavy atom. The van der Waals surface area contributed by atoms with Gasteiger partial charge >= 0.3 is 0 Å². The molecule has 2 fully saturated rings. The molecular weight excluding hydrogens is 296 g/mol. The molecule has 1 spiro atoms. The second-order valence-corrected chi connectivity index (χ2v) is 8.95. The molecule has 1 aliphatic heterocycles. The SMILES string of the molecule is CC[C@]12CC[C@@H]3C4=C(CC[C@H]3[C@@H]1CC[C@@]21C=CCO1)CC(=O)CC4. The molecule has 0 radical (unpaired) electrons. The van der Waals surface area contributed by atoms with Gasteiger partial charge in [0, 0.05) is 18.3 Å². The second kappa shape index (κ2) is 5.30. The Kier molecular flexibility index (Phi) is 3.40. The van der Waals surface area contributed by atoms with Crippen LogP contribution in [0, 0.1) is 23.2 Å². The molecule has 0 aromatic heterocycles. The normalized spacial score (nSPS) is 47.0. The molecule has 5 aliphatic rings. The molecule has 0 aromatic carbocycles. The van der Waals surface area contributed by atoms with Crippen molar-refractivity contribution in [1.29, 1.82) is 0 Å². The van der Waals surface area contributed by atoms with Crippen LogP contribution in [-0.2, 0) is 9.53 Å². The maximum absolute atomic E-state index is 11.9. The van der Waals surface area contributed by atoms with E-state index in [9.17, 15) is 4.79 Å². The number of hydrogen-bond donors (Lipinski definition) is 0. The molecule has 2 nitrogen and oxygen atoms in total. The summed E-state index contributed by atoms with van der Waals surface area (Å²) in [4.78, 5) is 11.9. The van der Waals surface area contributed by atoms with E-state index in [-0.39, 0.29) is 5.60 Å². The molecule has 5 atom stereocenters. The molecule has 130 valence electrons. The molecule has 5 rings (SSSR count). The second-order valence-electron chi connectivity index (χ2n) is 8.95. The van der Waals surface area contributed by atoms with Crippen LogP contribution >= 0.6 is 0 Å². The first-order chi connectivity index (χ1) is 11.7. The zero-order valence-corrected chi connectivity index (χ0v) is 15.0. The van der Waals surface area contributed by atoms with Crippen molar-refractivity contribution >= 4 is 5.78 Å². The number of carbonyl (C=O) groups excluding carboxylic acids is 1. The fourth-order valence-electron chi connectivity index (χ4n) is 7.59. The van der Waals surface area contributed by atoms with Gasteiger partial charge in [-0.3, -0.25) is 4.79 Å². The summed E-state index contributed by atoms with van der Waals surface area (Å²) in [6, 6.07) is 0. The van der Waals surface area contributed by atoms with Crippen LogP contribution in [0.15, 0.2) is 23.3 Å². The number of carbonyl (C=O) groups is 1. The number of hydrogen-bond acceptors (Lipinski definition) is 2. The number of allylic oxidation sites excluding steroid dienone is 2. The molecule has 0 saturated heterocycles. The van der Waals surface area contributed by atoms with Crippen molar-refractivity contribution in [3.8, 4) is 0 Å². The standard InChI is InChI=1S/C22H30O2/c1-2-21-11-8-18-17-7-5-16(23)14-15(17)4-6-19(18)20(21)9-12-22(21)10-3-13-24-22/h3,10,18-20H,2,4-9,11-14H2,1H3/t18-,19-,20+,21+,22+/m1/s1. The van der Waals surface area contributed by atoms with Gasteiger partial charge in [-0.25, -0.2) is 0 Å². The highest BCUT2D eigenvalue weighted by Gasteiger charge is 2.64. The predicted molar refractivity (Wildman–Crippen MR) is 94.6 cm³/mol. The summed E-state index contributed by atoms with van der Waals surface area (Å²) < 4.78 is 6.40. The lowest BCUT2D eigenvalue weighted by Crippen LogP contribution is -2.52. The van der Waals surface area contributed by atoms with Crippen LogP contribution in [0.2, 0.25) is 0 Å². The molecular formula is C22H30O2. The van der Waals surface area contributed by atoms with Gasteiger partial charge in [0.25, 0.3) is 0 Å². The van der Waals surface area contributed by atoms with Gasteiger partial charge in [0.1, 0.15) is 5.78 Å². The molecule has 0 bridgehead atoms. The maximum atomic E-state index is 11.9. The zero-order valence-electron chi connectivity index (χ0n) is 15.0. The molecule has 0 amide bonds. The molecule has 0 unspecified atom stereocenters. The summed E-state index contributed by atoms with van der Waals surface area (Å²) in [5, 5.41) is 0. The van der Waals surface area contributed by atoms with Gasteiger partial charge < -0.3 is 4.74 Å². The summed E-state index contributed by atoms with van der Waals surface area (Å²) in [5.41, 5.74) is 3.69. The summed E-state index contributed by atoms with van der Waals surface area (Å²) in [6.45, 7) is 3.22. The monoisotopic (exact) mass is 326 g/mol. The smallest absolute Gasteiger partial charge is 0.137 e. The lowest BCUT2D eigenvalue weighted by molar-refractivity contribution is -0.120. The predicted octanol–water partition coefficient (Wildman–Crippen LogP) is 4.99. The first kappa shape index (κ1) is 15.4. The number of ketones is 1. The molecule has 2 saturated carbocycles. The fourth-order valence-corrected chi connectivity index (χ4v) is 7.59. The van der Waals surface area contributed by atoms with Gasteiger partial charge in [-0.2, -0.15) is 0 Å². The van der Waals surface area contributed by atoms with E-state index in [2.05, 4.69) is 19.1 Å². The highest BCUT2D eigenvalue weighted by atomic mass is 16.5. The minimum atomic E-state index is 0.0502. The van der Waals surface area contributed by atoms with E-state index in [1.807, 2.05) is 0 Å². The van der Waals surface area contributed by atoms with Gasteiger partial charge in [0.15, 0.2) is 0 Å². The molecule has 0 N–H and O–H groups in total. The van der Waals surface area contributed by atoms with Crippen molar-refractivity contribution in [2.75, 3.05) is 6.61 Å². The van der Waals surface area contributed by atoms with E-state index in [1.54, 1.807) is 11.1 Å². The van der Waals surface area contributed by atoms with Crippen molar-refractivity contribution < 1.29 is 9.53 Å². The Bertz CT molecular complexity index is 630. The minimum absolute atomic E-state index is 0.0502. The summed E-state index contributed by atoms with van der Waals surface area (Å²) in [6.07, 6.45) is 16.4. The Morgan fingerprint density at radius 2 is 2.08 bits per heavy atom. The topological polar surface area (TPSA) is 26.3 Å². The van der Waals surface area contributed by atoms with Crippen LogP contribution < -0.4 is 0 Å². The Balaban J connectivity index is 1.50. The molecule has 4 aliphatic carbocycles. The third kappa shape index (κ3) is 1.84. The minimum Gasteiger partial charge on any atom is -0.366 e. The zero-order chi connectivity index (χ0) is 16.4. The van der Waals surface area contributed by atoms with Crippen LogP contribution in [0.4, 0.5) is 0 Å². The maximum Gasteiger partial charge on any atom is 0.137 e. The third-order valence-electron chi connectivity index (χ3n) is 8.53. The Hall–Kier alpha value is -0.890. The van der Waals surface area contributed by atoms with E-state index in [4.69, 9.17) is 4.74 Å². The molecule has 0 aromatic rings. The average Bonchev–Trinajstić information content (AvgIpc) is 3.21. The number of ether oxygens (including phenoxy) is 1. The summed E-state index contributed by atoms with van der Waals surface area (Å²) in [5.74, 6) is 2.94. The molecule has 1 heterocycles. The summed E-state index contributed by atoms with van der Waals surface area (Å²) in [7, 11) is 0. The molecule has 2 heteroatoms. The number of rotatable bonds is 1. The number of fused-ring (bicyclic) bond motifs is 5. The van der Waals surface area contributed by atoms with Crippen molar-refractivity contribution in [1.82, 2.24) is 0 Å². The average molecular weight is 326 g/mol. The first-order valence-electron chi connectivity index (χ1n) is 10.2. The lowest BCUT2D eigenvalue weighted by Gasteiger charge is -2.55. The quantitative estimate of drug-likeness (QED) is 0.635. The van der Waals surface area contributed by atoms with Crippen molar-refractivity contribution in [2.24, 2.45) is 23.2 Å². The van der Waals surface area contributed by atoms with Crippen LogP contribution in [0.5, 0.6) is 0 Å². The first-order valence-corrected chi connectivity index (χ1v) is 10.2. The van der Waals surface area contributed by atoms with Gasteiger partial charge in [-0.1, -0.05) is 30.2 Å². The van der Waals surface area contributed by atoms with Crippen LogP contribution in [0.25, 0.3) is 0 Å². The van der Waals surface area contributed by atoms with Gasteiger partial charge in [-0.15, -0.1) is 0 Å². The van der Waals surface area contributed by atoms with E-state index < -0.39 is 0 Å². The van der Waals surface area contributed by atoms with E-state index in [1.165, 1.54) is 44.9 Å². The highest BCUT2D eigenvalue weighted by Crippen LogP contribution is 2.67. The third-order valence-corrected chi connectivity index (χ3v) is 8.53. The Labute approximate surface area is 145 Å². The van der Waals surface area contributed by atoms with Crippen molar-refractivity contribution in [2.45, 2.75) is 76.7 Å². The van der Waals surface area contributed by atoms with E-state index in [0.717, 1.165) is 43.6 Å². The van der Waals surface area contributed by atoms with Crippen LogP contribution in [0.1, 0.15) is 71.1 Å². The van der Waals surface area contributed by atoms with E-state index in [0.29, 0.717) is 11.2 Å². The highest BCUT2D eigenvalue weighted by molar-refractivity contribution is 5.82. The molecule has 24 heavy (non-hydrogen) atoms. The summed E-state index contributed by atoms with van der Waals surface area (Å²) >= 11 is 0. The number of Topliss-reactive ketones (excluding diaryl/α,β-unsaturated/α-hetero) is 1.